The van der Waals surface area contributed by atoms with Crippen LogP contribution < -0.4 is 5.32 Å². The van der Waals surface area contributed by atoms with Gasteiger partial charge in [0.05, 0.1) is 11.3 Å². The smallest absolute Gasteiger partial charge is 0.337 e. The quantitative estimate of drug-likeness (QED) is 0.863. The van der Waals surface area contributed by atoms with Crippen LogP contribution in [0.15, 0.2) is 12.1 Å². The van der Waals surface area contributed by atoms with Crippen molar-refractivity contribution in [1.29, 1.82) is 0 Å². The van der Waals surface area contributed by atoms with Gasteiger partial charge in [-0.05, 0) is 37.3 Å². The third-order valence-electron chi connectivity index (χ3n) is 3.90. The molecule has 1 aliphatic rings. The molecule has 0 spiro atoms. The molecule has 1 aromatic heterocycles. The highest BCUT2D eigenvalue weighted by Gasteiger charge is 2.34. The maximum absolute atomic E-state index is 10.9. The minimum atomic E-state index is -0.923. The minimum absolute atomic E-state index is 0.270. The molecule has 1 fully saturated rings. The third kappa shape index (κ3) is 2.47. The van der Waals surface area contributed by atoms with E-state index >= 15 is 0 Å². The average molecular weight is 248 g/mol. The molecule has 1 unspecified atom stereocenters. The van der Waals surface area contributed by atoms with Gasteiger partial charge in [0.1, 0.15) is 5.82 Å². The molecular weight excluding hydrogens is 228 g/mol. The second kappa shape index (κ2) is 4.59. The Labute approximate surface area is 107 Å². The standard InChI is InChI=1S/C14H20N2O2/c1-9-10(13(17)18)6-7-12(15-9)16-11-5-4-8-14(11,2)3/h6-7,11H,4-5,8H2,1-3H3,(H,15,16)(H,17,18). The van der Waals surface area contributed by atoms with Gasteiger partial charge in [-0.3, -0.25) is 0 Å². The highest BCUT2D eigenvalue weighted by atomic mass is 16.4. The van der Waals surface area contributed by atoms with E-state index in [0.717, 1.165) is 12.2 Å². The topological polar surface area (TPSA) is 62.2 Å². The molecule has 4 nitrogen and oxygen atoms in total. The van der Waals surface area contributed by atoms with Gasteiger partial charge in [-0.1, -0.05) is 20.3 Å². The van der Waals surface area contributed by atoms with Crippen LogP contribution in [0.25, 0.3) is 0 Å². The molecule has 1 saturated carbocycles. The van der Waals surface area contributed by atoms with E-state index in [9.17, 15) is 4.79 Å². The van der Waals surface area contributed by atoms with Crippen molar-refractivity contribution in [3.8, 4) is 0 Å². The van der Waals surface area contributed by atoms with E-state index in [2.05, 4.69) is 24.1 Å². The van der Waals surface area contributed by atoms with Gasteiger partial charge in [-0.15, -0.1) is 0 Å². The molecule has 1 atom stereocenters. The number of nitrogens with zero attached hydrogens (tertiary/aromatic N) is 1. The molecule has 1 heterocycles. The van der Waals surface area contributed by atoms with E-state index in [0.29, 0.717) is 11.7 Å². The normalized spacial score (nSPS) is 21.8. The van der Waals surface area contributed by atoms with Crippen molar-refractivity contribution >= 4 is 11.8 Å². The number of hydrogen-bond acceptors (Lipinski definition) is 3. The molecule has 18 heavy (non-hydrogen) atoms. The summed E-state index contributed by atoms with van der Waals surface area (Å²) in [5.74, 6) is -0.148. The number of rotatable bonds is 3. The molecule has 1 aliphatic carbocycles. The summed E-state index contributed by atoms with van der Waals surface area (Å²) in [5, 5.41) is 12.4. The average Bonchev–Trinajstić information content (AvgIpc) is 2.58. The van der Waals surface area contributed by atoms with Gasteiger partial charge in [-0.2, -0.15) is 0 Å². The van der Waals surface area contributed by atoms with E-state index in [1.54, 1.807) is 19.1 Å². The molecule has 0 bridgehead atoms. The van der Waals surface area contributed by atoms with Crippen molar-refractivity contribution in [2.45, 2.75) is 46.1 Å². The number of anilines is 1. The molecule has 98 valence electrons. The van der Waals surface area contributed by atoms with Crippen LogP contribution in [0.2, 0.25) is 0 Å². The number of aromatic carboxylic acids is 1. The molecule has 2 rings (SSSR count). The number of carboxylic acid groups (broad SMARTS) is 1. The number of nitrogens with one attached hydrogen (secondary N) is 1. The predicted molar refractivity (Wildman–Crippen MR) is 71.0 cm³/mol. The molecule has 0 radical (unpaired) electrons. The van der Waals surface area contributed by atoms with Crippen LogP contribution >= 0.6 is 0 Å². The van der Waals surface area contributed by atoms with Crippen LogP contribution in [0.4, 0.5) is 5.82 Å². The highest BCUT2D eigenvalue weighted by Crippen LogP contribution is 2.38. The Morgan fingerprint density at radius 2 is 2.22 bits per heavy atom. The Morgan fingerprint density at radius 1 is 1.50 bits per heavy atom. The number of hydrogen-bond donors (Lipinski definition) is 2. The Hall–Kier alpha value is -1.58. The molecule has 2 N–H and O–H groups in total. The predicted octanol–water partition coefficient (Wildman–Crippen LogP) is 3.08. The summed E-state index contributed by atoms with van der Waals surface area (Å²) in [6, 6.07) is 3.79. The minimum Gasteiger partial charge on any atom is -0.478 e. The molecule has 0 aliphatic heterocycles. The lowest BCUT2D eigenvalue weighted by Gasteiger charge is -2.28. The second-order valence-corrected chi connectivity index (χ2v) is 5.71. The van der Waals surface area contributed by atoms with Crippen molar-refractivity contribution < 1.29 is 9.90 Å². The highest BCUT2D eigenvalue weighted by molar-refractivity contribution is 5.89. The summed E-state index contributed by atoms with van der Waals surface area (Å²) in [4.78, 5) is 15.3. The Morgan fingerprint density at radius 3 is 2.72 bits per heavy atom. The van der Waals surface area contributed by atoms with Crippen molar-refractivity contribution in [2.24, 2.45) is 5.41 Å². The summed E-state index contributed by atoms with van der Waals surface area (Å²) in [5.41, 5.74) is 1.11. The summed E-state index contributed by atoms with van der Waals surface area (Å²) >= 11 is 0. The zero-order valence-electron chi connectivity index (χ0n) is 11.2. The molecule has 0 amide bonds. The van der Waals surface area contributed by atoms with E-state index in [1.165, 1.54) is 12.8 Å². The summed E-state index contributed by atoms with van der Waals surface area (Å²) in [6.07, 6.45) is 3.60. The van der Waals surface area contributed by atoms with Crippen LogP contribution in [-0.2, 0) is 0 Å². The van der Waals surface area contributed by atoms with Crippen LogP contribution in [0.5, 0.6) is 0 Å². The fourth-order valence-corrected chi connectivity index (χ4v) is 2.64. The van der Waals surface area contributed by atoms with Gasteiger partial charge >= 0.3 is 5.97 Å². The first-order valence-corrected chi connectivity index (χ1v) is 6.37. The number of aryl methyl sites for hydroxylation is 1. The molecule has 1 aromatic rings. The van der Waals surface area contributed by atoms with Gasteiger partial charge < -0.3 is 10.4 Å². The first-order valence-electron chi connectivity index (χ1n) is 6.37. The van der Waals surface area contributed by atoms with Gasteiger partial charge in [0.15, 0.2) is 0 Å². The monoisotopic (exact) mass is 248 g/mol. The number of pyridine rings is 1. The van der Waals surface area contributed by atoms with Crippen LogP contribution in [0.3, 0.4) is 0 Å². The lowest BCUT2D eigenvalue weighted by atomic mass is 9.87. The molecule has 0 saturated heterocycles. The summed E-state index contributed by atoms with van der Waals surface area (Å²) in [6.45, 7) is 6.25. The van der Waals surface area contributed by atoms with Crippen molar-refractivity contribution in [3.05, 3.63) is 23.4 Å². The fourth-order valence-electron chi connectivity index (χ4n) is 2.64. The van der Waals surface area contributed by atoms with Crippen LogP contribution in [0.1, 0.15) is 49.2 Å². The van der Waals surface area contributed by atoms with E-state index in [4.69, 9.17) is 5.11 Å². The Bertz CT molecular complexity index is 469. The summed E-state index contributed by atoms with van der Waals surface area (Å²) in [7, 11) is 0. The van der Waals surface area contributed by atoms with E-state index in [-0.39, 0.29) is 11.0 Å². The zero-order chi connectivity index (χ0) is 13.3. The van der Waals surface area contributed by atoms with Gasteiger partial charge in [0, 0.05) is 6.04 Å². The molecular formula is C14H20N2O2. The SMILES string of the molecule is Cc1nc(NC2CCCC2(C)C)ccc1C(=O)O. The van der Waals surface area contributed by atoms with Crippen LogP contribution in [-0.4, -0.2) is 22.1 Å². The Balaban J connectivity index is 2.16. The lowest BCUT2D eigenvalue weighted by Crippen LogP contribution is -2.31. The van der Waals surface area contributed by atoms with Crippen molar-refractivity contribution in [1.82, 2.24) is 4.98 Å². The molecule has 0 aromatic carbocycles. The fraction of sp³-hybridized carbons (Fsp3) is 0.571. The largest absolute Gasteiger partial charge is 0.478 e. The number of carboxylic acids is 1. The van der Waals surface area contributed by atoms with Crippen molar-refractivity contribution in [3.63, 3.8) is 0 Å². The van der Waals surface area contributed by atoms with E-state index in [1.807, 2.05) is 0 Å². The van der Waals surface area contributed by atoms with E-state index < -0.39 is 5.97 Å². The van der Waals surface area contributed by atoms with Crippen molar-refractivity contribution in [2.75, 3.05) is 5.32 Å². The number of carbonyl (C=O) groups is 1. The maximum Gasteiger partial charge on any atom is 0.337 e. The van der Waals surface area contributed by atoms with Gasteiger partial charge in [0.2, 0.25) is 0 Å². The second-order valence-electron chi connectivity index (χ2n) is 5.71. The summed E-state index contributed by atoms with van der Waals surface area (Å²) < 4.78 is 0. The number of aromatic nitrogens is 1. The third-order valence-corrected chi connectivity index (χ3v) is 3.90. The van der Waals surface area contributed by atoms with Crippen LogP contribution in [0, 0.1) is 12.3 Å². The van der Waals surface area contributed by atoms with Gasteiger partial charge in [0.25, 0.3) is 0 Å². The maximum atomic E-state index is 10.9. The molecule has 4 heteroatoms. The first-order chi connectivity index (χ1) is 8.40. The zero-order valence-corrected chi connectivity index (χ0v) is 11.2. The van der Waals surface area contributed by atoms with Gasteiger partial charge in [-0.25, -0.2) is 9.78 Å². The lowest BCUT2D eigenvalue weighted by molar-refractivity contribution is 0.0695. The Kier molecular flexibility index (Phi) is 3.28. The first kappa shape index (κ1) is 12.9.